The van der Waals surface area contributed by atoms with Crippen LogP contribution in [0.5, 0.6) is 0 Å². The van der Waals surface area contributed by atoms with Crippen LogP contribution in [0.4, 0.5) is 8.78 Å². The molecule has 0 N–H and O–H groups in total. The van der Waals surface area contributed by atoms with E-state index in [0.29, 0.717) is 12.3 Å². The smallest absolute Gasteiger partial charge is 0.129 e. The molecular weight excluding hydrogens is 434 g/mol. The van der Waals surface area contributed by atoms with Crippen LogP contribution >= 0.6 is 0 Å². The molecule has 0 aromatic heterocycles. The van der Waals surface area contributed by atoms with Gasteiger partial charge in [-0.3, -0.25) is 0 Å². The molecule has 1 aromatic rings. The number of halogens is 2. The summed E-state index contributed by atoms with van der Waals surface area (Å²) in [5.74, 6) is 4.26. The Balaban J connectivity index is 1.15. The Hall–Kier alpha value is -0.920. The normalized spacial score (nSPS) is 31.3. The lowest BCUT2D eigenvalue weighted by atomic mass is 9.63. The minimum atomic E-state index is -0.339. The molecule has 0 bridgehead atoms. The third kappa shape index (κ3) is 7.54. The first-order chi connectivity index (χ1) is 17.1. The Morgan fingerprint density at radius 1 is 0.629 bits per heavy atom. The third-order valence-electron chi connectivity index (χ3n) is 10.4. The van der Waals surface area contributed by atoms with E-state index < -0.39 is 0 Å². The summed E-state index contributed by atoms with van der Waals surface area (Å²) in [6.45, 7) is 4.13. The zero-order valence-corrected chi connectivity index (χ0v) is 22.8. The summed E-state index contributed by atoms with van der Waals surface area (Å²) in [4.78, 5) is 0. The van der Waals surface area contributed by atoms with Crippen molar-refractivity contribution in [3.63, 3.8) is 0 Å². The molecule has 0 saturated heterocycles. The molecule has 0 nitrogen and oxygen atoms in total. The zero-order chi connectivity index (χ0) is 24.6. The predicted octanol–water partition coefficient (Wildman–Crippen LogP) is 10.8. The number of unbranched alkanes of at least 4 members (excludes halogenated alkanes) is 4. The molecule has 4 atom stereocenters. The van der Waals surface area contributed by atoms with Crippen LogP contribution in [0.3, 0.4) is 0 Å². The topological polar surface area (TPSA) is 0 Å². The van der Waals surface area contributed by atoms with E-state index in [9.17, 15) is 8.78 Å². The first kappa shape index (κ1) is 27.1. The lowest BCUT2D eigenvalue weighted by Crippen LogP contribution is -2.31. The fraction of sp³-hybridized carbons (Fsp3) is 0.818. The van der Waals surface area contributed by atoms with E-state index in [1.165, 1.54) is 103 Å². The van der Waals surface area contributed by atoms with Crippen LogP contribution in [-0.4, -0.2) is 0 Å². The van der Waals surface area contributed by atoms with Gasteiger partial charge in [0.05, 0.1) is 0 Å². The van der Waals surface area contributed by atoms with Crippen LogP contribution in [0.2, 0.25) is 0 Å². The van der Waals surface area contributed by atoms with E-state index in [1.54, 1.807) is 12.1 Å². The molecule has 1 aromatic carbocycles. The standard InChI is InChI=1S/C33H52F2/c1-3-5-6-7-8-9-24-10-12-25(13-11-24)14-15-26-16-17-28-21-29(19-18-27(28)20-26)30-22-32(34)31(4-2)33(35)23-30/h22-29H,3-21H2,1-2H3. The molecule has 0 spiro atoms. The van der Waals surface area contributed by atoms with E-state index in [0.717, 1.165) is 48.0 Å². The SMILES string of the molecule is CCCCCCCC1CCC(CCC2CCC3CC(c4cc(F)c(CC)c(F)c4)CCC3C2)CC1. The average Bonchev–Trinajstić information content (AvgIpc) is 2.87. The van der Waals surface area contributed by atoms with Crippen LogP contribution in [0.1, 0.15) is 146 Å². The summed E-state index contributed by atoms with van der Waals surface area (Å²) < 4.78 is 28.7. The summed E-state index contributed by atoms with van der Waals surface area (Å²) in [7, 11) is 0. The second kappa shape index (κ2) is 13.6. The Labute approximate surface area is 215 Å². The molecular formula is C33H52F2. The lowest BCUT2D eigenvalue weighted by molar-refractivity contribution is 0.108. The van der Waals surface area contributed by atoms with Gasteiger partial charge in [0.1, 0.15) is 11.6 Å². The van der Waals surface area contributed by atoms with Gasteiger partial charge < -0.3 is 0 Å². The van der Waals surface area contributed by atoms with Crippen molar-refractivity contribution in [2.24, 2.45) is 29.6 Å². The van der Waals surface area contributed by atoms with E-state index >= 15 is 0 Å². The van der Waals surface area contributed by atoms with Crippen molar-refractivity contribution in [2.75, 3.05) is 0 Å². The molecule has 0 heterocycles. The fourth-order valence-electron chi connectivity index (χ4n) is 8.06. The molecule has 2 heteroatoms. The largest absolute Gasteiger partial charge is 0.207 e. The molecule has 3 aliphatic rings. The van der Waals surface area contributed by atoms with Gasteiger partial charge in [0, 0.05) is 5.56 Å². The summed E-state index contributed by atoms with van der Waals surface area (Å²) in [5, 5.41) is 0. The van der Waals surface area contributed by atoms with Crippen LogP contribution in [0.25, 0.3) is 0 Å². The van der Waals surface area contributed by atoms with Crippen molar-refractivity contribution in [3.8, 4) is 0 Å². The Kier molecular flexibility index (Phi) is 10.5. The number of benzene rings is 1. The summed E-state index contributed by atoms with van der Waals surface area (Å²) >= 11 is 0. The number of hydrogen-bond acceptors (Lipinski definition) is 0. The highest BCUT2D eigenvalue weighted by atomic mass is 19.1. The maximum atomic E-state index is 14.4. The van der Waals surface area contributed by atoms with Crippen LogP contribution in [0, 0.1) is 41.2 Å². The quantitative estimate of drug-likeness (QED) is 0.273. The van der Waals surface area contributed by atoms with Gasteiger partial charge in [-0.2, -0.15) is 0 Å². The van der Waals surface area contributed by atoms with E-state index in [4.69, 9.17) is 0 Å². The molecule has 3 saturated carbocycles. The monoisotopic (exact) mass is 486 g/mol. The molecule has 0 aliphatic heterocycles. The molecule has 4 unspecified atom stereocenters. The number of hydrogen-bond donors (Lipinski definition) is 0. The van der Waals surface area contributed by atoms with Gasteiger partial charge in [0.15, 0.2) is 0 Å². The van der Waals surface area contributed by atoms with E-state index in [1.807, 2.05) is 6.92 Å². The van der Waals surface area contributed by atoms with Crippen molar-refractivity contribution in [1.82, 2.24) is 0 Å². The third-order valence-corrected chi connectivity index (χ3v) is 10.4. The molecule has 0 radical (unpaired) electrons. The average molecular weight is 487 g/mol. The van der Waals surface area contributed by atoms with Gasteiger partial charge in [-0.05, 0) is 91.7 Å². The van der Waals surface area contributed by atoms with E-state index in [-0.39, 0.29) is 17.2 Å². The maximum Gasteiger partial charge on any atom is 0.129 e. The summed E-state index contributed by atoms with van der Waals surface area (Å²) in [6.07, 6.45) is 25.6. The second-order valence-corrected chi connectivity index (χ2v) is 12.7. The van der Waals surface area contributed by atoms with Crippen molar-refractivity contribution in [3.05, 3.63) is 34.9 Å². The number of fused-ring (bicyclic) bond motifs is 1. The fourth-order valence-corrected chi connectivity index (χ4v) is 8.06. The van der Waals surface area contributed by atoms with Crippen molar-refractivity contribution in [1.29, 1.82) is 0 Å². The van der Waals surface area contributed by atoms with Crippen molar-refractivity contribution < 1.29 is 8.78 Å². The second-order valence-electron chi connectivity index (χ2n) is 12.7. The predicted molar refractivity (Wildman–Crippen MR) is 145 cm³/mol. The highest BCUT2D eigenvalue weighted by molar-refractivity contribution is 5.29. The van der Waals surface area contributed by atoms with Crippen LogP contribution in [0.15, 0.2) is 12.1 Å². The van der Waals surface area contributed by atoms with Gasteiger partial charge in [-0.15, -0.1) is 0 Å². The molecule has 35 heavy (non-hydrogen) atoms. The molecule has 0 amide bonds. The first-order valence-corrected chi connectivity index (χ1v) is 15.5. The minimum absolute atomic E-state index is 0.249. The Morgan fingerprint density at radius 2 is 1.20 bits per heavy atom. The Bertz CT molecular complexity index is 739. The first-order valence-electron chi connectivity index (χ1n) is 15.5. The minimum Gasteiger partial charge on any atom is -0.207 e. The van der Waals surface area contributed by atoms with E-state index in [2.05, 4.69) is 6.92 Å². The highest BCUT2D eigenvalue weighted by Crippen LogP contribution is 2.49. The van der Waals surface area contributed by atoms with Crippen molar-refractivity contribution in [2.45, 2.75) is 142 Å². The highest BCUT2D eigenvalue weighted by Gasteiger charge is 2.36. The van der Waals surface area contributed by atoms with Crippen LogP contribution in [-0.2, 0) is 6.42 Å². The van der Waals surface area contributed by atoms with Gasteiger partial charge >= 0.3 is 0 Å². The van der Waals surface area contributed by atoms with Crippen LogP contribution < -0.4 is 0 Å². The molecule has 4 rings (SSSR count). The number of rotatable bonds is 11. The zero-order valence-electron chi connectivity index (χ0n) is 22.8. The van der Waals surface area contributed by atoms with Gasteiger partial charge in [-0.1, -0.05) is 97.3 Å². The lowest BCUT2D eigenvalue weighted by Gasteiger charge is -2.43. The molecule has 3 aliphatic carbocycles. The summed E-state index contributed by atoms with van der Waals surface area (Å²) in [5.41, 5.74) is 1.16. The van der Waals surface area contributed by atoms with Gasteiger partial charge in [-0.25, -0.2) is 8.78 Å². The molecule has 198 valence electrons. The maximum absolute atomic E-state index is 14.4. The summed E-state index contributed by atoms with van der Waals surface area (Å²) in [6, 6.07) is 3.28. The van der Waals surface area contributed by atoms with Gasteiger partial charge in [0.25, 0.3) is 0 Å². The Morgan fingerprint density at radius 3 is 1.89 bits per heavy atom. The van der Waals surface area contributed by atoms with Gasteiger partial charge in [0.2, 0.25) is 0 Å². The van der Waals surface area contributed by atoms with Crippen molar-refractivity contribution >= 4 is 0 Å². The molecule has 3 fully saturated rings.